The van der Waals surface area contributed by atoms with Crippen LogP contribution in [0.1, 0.15) is 37.5 Å². The molecule has 4 rings (SSSR count). The monoisotopic (exact) mass is 657 g/mol. The van der Waals surface area contributed by atoms with E-state index in [1.54, 1.807) is 20.8 Å². The number of ether oxygens (including phenoxy) is 1. The first-order valence-corrected chi connectivity index (χ1v) is 15.9. The van der Waals surface area contributed by atoms with E-state index in [9.17, 15) is 29.1 Å². The summed E-state index contributed by atoms with van der Waals surface area (Å²) in [6.45, 7) is 6.74. The van der Waals surface area contributed by atoms with Gasteiger partial charge in [-0.15, -0.1) is 33.3 Å². The number of carboxylic acids is 1. The fourth-order valence-electron chi connectivity index (χ4n) is 3.80. The Bertz CT molecular complexity index is 1440. The molecule has 42 heavy (non-hydrogen) atoms. The molecule has 2 aliphatic heterocycles. The first kappa shape index (κ1) is 31.3. The summed E-state index contributed by atoms with van der Waals surface area (Å²) in [5.74, 6) is -2.04. The highest BCUT2D eigenvalue weighted by molar-refractivity contribution is 8.01. The summed E-state index contributed by atoms with van der Waals surface area (Å²) < 4.78 is 5.73. The molecule has 0 radical (unpaired) electrons. The van der Waals surface area contributed by atoms with E-state index in [-0.39, 0.29) is 16.5 Å². The standard InChI is InChI=1S/C22H27N9O7S4/c1-8-27-30-21(42-8)41-6-9-5-39-16-12(15(33)31(16)13(9)17(34)35)25-14(32)11(10-7-40-18(23)24-10)26-19(36)28-29-20(37)38-22(2,3)4/h7,11-12,16H,5-6H2,1-4H3,(H2,23,24)(H,25,32)(H,29,37)(H,34,35)(H2,26,28,36)/t11?,12?,16-/m1/s1. The third kappa shape index (κ3) is 7.41. The smallest absolute Gasteiger partial charge is 0.426 e. The third-order valence-corrected chi connectivity index (χ3v) is 9.57. The zero-order valence-electron chi connectivity index (χ0n) is 22.6. The minimum atomic E-state index is -1.40. The molecule has 0 spiro atoms. The highest BCUT2D eigenvalue weighted by Gasteiger charge is 2.54. The maximum atomic E-state index is 13.3. The Labute approximate surface area is 255 Å². The van der Waals surface area contributed by atoms with Gasteiger partial charge in [0, 0.05) is 16.9 Å². The Morgan fingerprint density at radius 2 is 2.00 bits per heavy atom. The second-order valence-corrected chi connectivity index (χ2v) is 14.2. The molecule has 1 saturated heterocycles. The Morgan fingerprint density at radius 1 is 1.26 bits per heavy atom. The molecule has 0 saturated carbocycles. The predicted molar refractivity (Wildman–Crippen MR) is 155 cm³/mol. The van der Waals surface area contributed by atoms with E-state index in [4.69, 9.17) is 10.5 Å². The number of aromatic nitrogens is 3. The van der Waals surface area contributed by atoms with Crippen molar-refractivity contribution in [2.45, 2.75) is 55.1 Å². The fourth-order valence-corrected chi connectivity index (χ4v) is 7.69. The molecule has 4 heterocycles. The molecule has 2 aromatic rings. The van der Waals surface area contributed by atoms with Gasteiger partial charge >= 0.3 is 18.1 Å². The number of rotatable bonds is 8. The van der Waals surface area contributed by atoms with Crippen molar-refractivity contribution >= 4 is 81.2 Å². The lowest BCUT2D eigenvalue weighted by Gasteiger charge is -2.49. The van der Waals surface area contributed by atoms with Crippen molar-refractivity contribution in [1.82, 2.24) is 41.6 Å². The van der Waals surface area contributed by atoms with Crippen molar-refractivity contribution in [2.24, 2.45) is 0 Å². The number of thiazole rings is 1. The largest absolute Gasteiger partial charge is 0.477 e. The molecule has 2 aromatic heterocycles. The number of urea groups is 1. The first-order valence-electron chi connectivity index (χ1n) is 12.1. The van der Waals surface area contributed by atoms with E-state index in [1.165, 1.54) is 40.2 Å². The lowest BCUT2D eigenvalue weighted by Crippen LogP contribution is -2.71. The van der Waals surface area contributed by atoms with E-state index in [0.717, 1.165) is 21.2 Å². The van der Waals surface area contributed by atoms with Gasteiger partial charge in [-0.2, -0.15) is 0 Å². The van der Waals surface area contributed by atoms with Crippen LogP contribution >= 0.6 is 46.2 Å². The van der Waals surface area contributed by atoms with Gasteiger partial charge < -0.3 is 26.2 Å². The molecule has 1 fully saturated rings. The number of aliphatic carboxylic acids is 1. The average molecular weight is 658 g/mol. The molecule has 0 bridgehead atoms. The molecule has 226 valence electrons. The number of β-lactam (4-membered cyclic amide) rings is 1. The Balaban J connectivity index is 1.42. The SMILES string of the molecule is Cc1nnc(SCC2=C(C(=O)O)N3C(=O)C(NC(=O)C(NC(=O)NNC(=O)OC(C)(C)C)c4csc(N)n4)[C@H]3SC2)s1. The number of thioether (sulfide) groups is 2. The van der Waals surface area contributed by atoms with Crippen molar-refractivity contribution in [3.05, 3.63) is 27.4 Å². The van der Waals surface area contributed by atoms with Crippen molar-refractivity contribution in [3.63, 3.8) is 0 Å². The Hall–Kier alpha value is -3.62. The van der Waals surface area contributed by atoms with Gasteiger partial charge in [0.05, 0.1) is 5.69 Å². The lowest BCUT2D eigenvalue weighted by atomic mass is 10.0. The van der Waals surface area contributed by atoms with Crippen LogP contribution in [0.2, 0.25) is 0 Å². The molecular weight excluding hydrogens is 631 g/mol. The summed E-state index contributed by atoms with van der Waals surface area (Å²) in [5.41, 5.74) is 9.56. The van der Waals surface area contributed by atoms with Crippen LogP contribution in [0.15, 0.2) is 21.0 Å². The van der Waals surface area contributed by atoms with E-state index >= 15 is 0 Å². The van der Waals surface area contributed by atoms with Crippen LogP contribution in [0.5, 0.6) is 0 Å². The van der Waals surface area contributed by atoms with Crippen LogP contribution in [0, 0.1) is 6.92 Å². The second kappa shape index (κ2) is 12.7. The number of aryl methyl sites for hydroxylation is 1. The number of carbonyl (C=O) groups is 5. The van der Waals surface area contributed by atoms with Gasteiger partial charge in [0.25, 0.3) is 5.91 Å². The quantitative estimate of drug-likeness (QED) is 0.133. The molecule has 5 amide bonds. The topological polar surface area (TPSA) is 231 Å². The van der Waals surface area contributed by atoms with Crippen LogP contribution in [0.4, 0.5) is 14.7 Å². The molecule has 7 N–H and O–H groups in total. The van der Waals surface area contributed by atoms with Gasteiger partial charge in [0.2, 0.25) is 5.91 Å². The highest BCUT2D eigenvalue weighted by Crippen LogP contribution is 2.42. The van der Waals surface area contributed by atoms with Crippen LogP contribution < -0.4 is 27.2 Å². The van der Waals surface area contributed by atoms with E-state index in [1.807, 2.05) is 6.92 Å². The predicted octanol–water partition coefficient (Wildman–Crippen LogP) is 1.20. The van der Waals surface area contributed by atoms with Gasteiger partial charge in [0.15, 0.2) is 15.5 Å². The lowest BCUT2D eigenvalue weighted by molar-refractivity contribution is -0.151. The third-order valence-electron chi connectivity index (χ3n) is 5.48. The number of hydrazine groups is 1. The van der Waals surface area contributed by atoms with E-state index in [0.29, 0.717) is 21.4 Å². The molecular formula is C22H27N9O7S4. The number of carbonyl (C=O) groups excluding carboxylic acids is 4. The zero-order chi connectivity index (χ0) is 30.8. The van der Waals surface area contributed by atoms with Crippen molar-refractivity contribution < 1.29 is 33.8 Å². The van der Waals surface area contributed by atoms with Gasteiger partial charge in [-0.1, -0.05) is 23.1 Å². The summed E-state index contributed by atoms with van der Waals surface area (Å²) in [5, 5.41) is 24.6. The van der Waals surface area contributed by atoms with Crippen molar-refractivity contribution in [3.8, 4) is 0 Å². The first-order chi connectivity index (χ1) is 19.7. The Morgan fingerprint density at radius 3 is 2.60 bits per heavy atom. The molecule has 2 unspecified atom stereocenters. The number of carboxylic acid groups (broad SMARTS) is 1. The Kier molecular flexibility index (Phi) is 9.48. The van der Waals surface area contributed by atoms with Crippen LogP contribution in [-0.2, 0) is 19.1 Å². The van der Waals surface area contributed by atoms with Gasteiger partial charge in [-0.3, -0.25) is 14.5 Å². The number of hydrogen-bond donors (Lipinski definition) is 6. The fraction of sp³-hybridized carbons (Fsp3) is 0.455. The van der Waals surface area contributed by atoms with E-state index < -0.39 is 53.0 Å². The second-order valence-electron chi connectivity index (χ2n) is 9.80. The van der Waals surface area contributed by atoms with Crippen molar-refractivity contribution in [1.29, 1.82) is 0 Å². The molecule has 0 aliphatic carbocycles. The van der Waals surface area contributed by atoms with Gasteiger partial charge in [0.1, 0.15) is 27.7 Å². The number of nitrogen functional groups attached to an aromatic ring is 1. The van der Waals surface area contributed by atoms with Crippen LogP contribution in [0.3, 0.4) is 0 Å². The summed E-state index contributed by atoms with van der Waals surface area (Å²) >= 11 is 5.06. The minimum absolute atomic E-state index is 0.0969. The van der Waals surface area contributed by atoms with Crippen molar-refractivity contribution in [2.75, 3.05) is 17.2 Å². The molecule has 2 aliphatic rings. The molecule has 20 heteroatoms. The van der Waals surface area contributed by atoms with Crippen LogP contribution in [0.25, 0.3) is 0 Å². The van der Waals surface area contributed by atoms with E-state index in [2.05, 4.69) is 36.7 Å². The number of nitrogens with two attached hydrogens (primary N) is 1. The summed E-state index contributed by atoms with van der Waals surface area (Å²) in [4.78, 5) is 68.2. The maximum Gasteiger partial charge on any atom is 0.426 e. The number of nitrogens with one attached hydrogen (secondary N) is 4. The summed E-state index contributed by atoms with van der Waals surface area (Å²) in [6.07, 6.45) is -0.926. The normalized spacial score (nSPS) is 18.9. The maximum absolute atomic E-state index is 13.3. The summed E-state index contributed by atoms with van der Waals surface area (Å²) in [6, 6.07) is -3.42. The molecule has 3 atom stereocenters. The number of hydrogen-bond acceptors (Lipinski definition) is 14. The zero-order valence-corrected chi connectivity index (χ0v) is 25.9. The summed E-state index contributed by atoms with van der Waals surface area (Å²) in [7, 11) is 0. The van der Waals surface area contributed by atoms with Crippen LogP contribution in [-0.4, -0.2) is 83.6 Å². The average Bonchev–Trinajstić information content (AvgIpc) is 3.53. The number of amides is 5. The van der Waals surface area contributed by atoms with Gasteiger partial charge in [-0.25, -0.2) is 30.2 Å². The highest BCUT2D eigenvalue weighted by atomic mass is 32.2. The molecule has 0 aromatic carbocycles. The van der Waals surface area contributed by atoms with Gasteiger partial charge in [-0.05, 0) is 33.3 Å². The molecule has 16 nitrogen and oxygen atoms in total. The number of nitrogens with zero attached hydrogens (tertiary/aromatic N) is 4. The minimum Gasteiger partial charge on any atom is -0.477 e. The number of anilines is 1. The number of fused-ring (bicyclic) bond motifs is 1.